The average molecular weight is 397 g/mol. The lowest BCUT2D eigenvalue weighted by atomic mass is 10.1. The first-order valence-corrected chi connectivity index (χ1v) is 10.1. The summed E-state index contributed by atoms with van der Waals surface area (Å²) in [7, 11) is 0. The molecule has 0 spiro atoms. The molecule has 0 saturated heterocycles. The van der Waals surface area contributed by atoms with Gasteiger partial charge in [-0.3, -0.25) is 9.59 Å². The van der Waals surface area contributed by atoms with E-state index < -0.39 is 6.04 Å². The first-order chi connectivity index (χ1) is 13.8. The molecule has 1 N–H and O–H groups in total. The number of rotatable bonds is 9. The number of para-hydroxylation sites is 1. The van der Waals surface area contributed by atoms with E-state index in [-0.39, 0.29) is 18.4 Å². The Hall–Kier alpha value is -2.82. The molecule has 2 aromatic carbocycles. The highest BCUT2D eigenvalue weighted by atomic mass is 16.5. The minimum Gasteiger partial charge on any atom is -0.484 e. The zero-order chi connectivity index (χ0) is 21.4. The first kappa shape index (κ1) is 22.5. The Balaban J connectivity index is 2.14. The van der Waals surface area contributed by atoms with Gasteiger partial charge in [0.25, 0.3) is 5.91 Å². The number of nitrogens with zero attached hydrogens (tertiary/aromatic N) is 1. The van der Waals surface area contributed by atoms with Crippen LogP contribution >= 0.6 is 0 Å². The molecule has 29 heavy (non-hydrogen) atoms. The minimum absolute atomic E-state index is 0.113. The van der Waals surface area contributed by atoms with Gasteiger partial charge in [-0.15, -0.1) is 0 Å². The topological polar surface area (TPSA) is 58.6 Å². The molecule has 2 amide bonds. The molecule has 0 bridgehead atoms. The molecule has 0 unspecified atom stereocenters. The van der Waals surface area contributed by atoms with Crippen molar-refractivity contribution < 1.29 is 14.3 Å². The van der Waals surface area contributed by atoms with Gasteiger partial charge in [-0.05, 0) is 43.9 Å². The lowest BCUT2D eigenvalue weighted by Crippen LogP contribution is -2.49. The van der Waals surface area contributed by atoms with Crippen molar-refractivity contribution >= 4 is 11.8 Å². The normalized spacial score (nSPS) is 11.8. The van der Waals surface area contributed by atoms with Crippen LogP contribution in [0, 0.1) is 19.8 Å². The summed E-state index contributed by atoms with van der Waals surface area (Å²) >= 11 is 0. The molecule has 0 saturated carbocycles. The Bertz CT molecular complexity index is 832. The lowest BCUT2D eigenvalue weighted by molar-refractivity contribution is -0.142. The van der Waals surface area contributed by atoms with Crippen LogP contribution in [0.25, 0.3) is 0 Å². The summed E-state index contributed by atoms with van der Waals surface area (Å²) in [5.74, 6) is 0.641. The molecule has 1 atom stereocenters. The fourth-order valence-corrected chi connectivity index (χ4v) is 2.98. The quantitative estimate of drug-likeness (QED) is 0.700. The van der Waals surface area contributed by atoms with Crippen molar-refractivity contribution in [2.75, 3.05) is 13.2 Å². The van der Waals surface area contributed by atoms with Crippen LogP contribution in [-0.2, 0) is 16.1 Å². The summed E-state index contributed by atoms with van der Waals surface area (Å²) < 4.78 is 5.75. The number of aryl methyl sites for hydroxylation is 2. The summed E-state index contributed by atoms with van der Waals surface area (Å²) in [5, 5.41) is 2.92. The van der Waals surface area contributed by atoms with Crippen LogP contribution in [-0.4, -0.2) is 35.9 Å². The fraction of sp³-hybridized carbons (Fsp3) is 0.417. The van der Waals surface area contributed by atoms with E-state index in [4.69, 9.17) is 4.74 Å². The summed E-state index contributed by atoms with van der Waals surface area (Å²) in [6.07, 6.45) is 0. The maximum atomic E-state index is 13.0. The van der Waals surface area contributed by atoms with E-state index in [9.17, 15) is 9.59 Å². The number of nitrogens with one attached hydrogen (secondary N) is 1. The van der Waals surface area contributed by atoms with Gasteiger partial charge in [0, 0.05) is 13.1 Å². The number of hydrogen-bond acceptors (Lipinski definition) is 3. The third-order valence-corrected chi connectivity index (χ3v) is 4.73. The van der Waals surface area contributed by atoms with Gasteiger partial charge in [-0.1, -0.05) is 61.9 Å². The summed E-state index contributed by atoms with van der Waals surface area (Å²) in [6.45, 7) is 10.6. The van der Waals surface area contributed by atoms with Crippen molar-refractivity contribution in [2.45, 2.75) is 47.2 Å². The molecule has 5 nitrogen and oxygen atoms in total. The SMILES string of the molecule is Cc1cccc(CN(C(=O)COc2ccccc2C)[C@@H](C)C(=O)NCC(C)C)c1. The molecule has 0 aliphatic heterocycles. The number of carbonyl (C=O) groups excluding carboxylic acids is 2. The molecule has 2 rings (SSSR count). The van der Waals surface area contributed by atoms with Crippen LogP contribution in [0.4, 0.5) is 0 Å². The number of ether oxygens (including phenoxy) is 1. The van der Waals surface area contributed by atoms with Crippen LogP contribution in [0.5, 0.6) is 5.75 Å². The van der Waals surface area contributed by atoms with Gasteiger partial charge >= 0.3 is 0 Å². The third-order valence-electron chi connectivity index (χ3n) is 4.73. The molecule has 2 aromatic rings. The zero-order valence-corrected chi connectivity index (χ0v) is 18.1. The van der Waals surface area contributed by atoms with Crippen LogP contribution in [0.1, 0.15) is 37.5 Å². The Labute approximate surface area is 174 Å². The van der Waals surface area contributed by atoms with Crippen molar-refractivity contribution in [1.82, 2.24) is 10.2 Å². The van der Waals surface area contributed by atoms with Gasteiger partial charge in [-0.25, -0.2) is 0 Å². The van der Waals surface area contributed by atoms with Crippen LogP contribution in [0.2, 0.25) is 0 Å². The molecular weight excluding hydrogens is 364 g/mol. The molecule has 156 valence electrons. The van der Waals surface area contributed by atoms with Gasteiger partial charge in [0.2, 0.25) is 5.91 Å². The predicted octanol–water partition coefficient (Wildman–Crippen LogP) is 3.87. The van der Waals surface area contributed by atoms with Gasteiger partial charge < -0.3 is 15.0 Å². The first-order valence-electron chi connectivity index (χ1n) is 10.1. The Morgan fingerprint density at radius 2 is 1.76 bits per heavy atom. The monoisotopic (exact) mass is 396 g/mol. The lowest BCUT2D eigenvalue weighted by Gasteiger charge is -2.29. The van der Waals surface area contributed by atoms with Crippen molar-refractivity contribution in [1.29, 1.82) is 0 Å². The second kappa shape index (κ2) is 10.6. The van der Waals surface area contributed by atoms with Crippen molar-refractivity contribution in [2.24, 2.45) is 5.92 Å². The summed E-state index contributed by atoms with van der Waals surface area (Å²) in [6, 6.07) is 14.9. The van der Waals surface area contributed by atoms with Crippen LogP contribution < -0.4 is 10.1 Å². The molecule has 0 heterocycles. The molecule has 0 radical (unpaired) electrons. The highest BCUT2D eigenvalue weighted by molar-refractivity contribution is 5.88. The Morgan fingerprint density at radius 1 is 1.03 bits per heavy atom. The van der Waals surface area contributed by atoms with Gasteiger partial charge in [-0.2, -0.15) is 0 Å². The van der Waals surface area contributed by atoms with E-state index in [0.717, 1.165) is 16.7 Å². The van der Waals surface area contributed by atoms with E-state index in [1.165, 1.54) is 0 Å². The summed E-state index contributed by atoms with van der Waals surface area (Å²) in [5.41, 5.74) is 3.06. The number of hydrogen-bond donors (Lipinski definition) is 1. The molecule has 0 fully saturated rings. The van der Waals surface area contributed by atoms with E-state index in [0.29, 0.717) is 24.8 Å². The Kier molecular flexibility index (Phi) is 8.25. The van der Waals surface area contributed by atoms with E-state index in [1.54, 1.807) is 11.8 Å². The average Bonchev–Trinajstić information content (AvgIpc) is 2.69. The van der Waals surface area contributed by atoms with Gasteiger partial charge in [0.05, 0.1) is 0 Å². The molecule has 0 aromatic heterocycles. The van der Waals surface area contributed by atoms with Gasteiger partial charge in [0.15, 0.2) is 6.61 Å². The predicted molar refractivity (Wildman–Crippen MR) is 116 cm³/mol. The van der Waals surface area contributed by atoms with E-state index in [1.807, 2.05) is 76.2 Å². The van der Waals surface area contributed by atoms with Crippen LogP contribution in [0.3, 0.4) is 0 Å². The maximum Gasteiger partial charge on any atom is 0.261 e. The molecule has 0 aliphatic carbocycles. The number of carbonyl (C=O) groups is 2. The molecule has 5 heteroatoms. The van der Waals surface area contributed by atoms with Crippen molar-refractivity contribution in [3.63, 3.8) is 0 Å². The zero-order valence-electron chi connectivity index (χ0n) is 18.1. The van der Waals surface area contributed by atoms with E-state index >= 15 is 0 Å². The van der Waals surface area contributed by atoms with E-state index in [2.05, 4.69) is 5.32 Å². The van der Waals surface area contributed by atoms with Crippen molar-refractivity contribution in [3.05, 3.63) is 65.2 Å². The minimum atomic E-state index is -0.595. The standard InChI is InChI=1S/C24H32N2O3/c1-17(2)14-25-24(28)20(5)26(15-21-11-8-9-18(3)13-21)23(27)16-29-22-12-7-6-10-19(22)4/h6-13,17,20H,14-16H2,1-5H3,(H,25,28)/t20-/m0/s1. The summed E-state index contributed by atoms with van der Waals surface area (Å²) in [4.78, 5) is 27.2. The third kappa shape index (κ3) is 6.93. The number of benzene rings is 2. The molecular formula is C24H32N2O3. The van der Waals surface area contributed by atoms with Crippen LogP contribution in [0.15, 0.2) is 48.5 Å². The Morgan fingerprint density at radius 3 is 2.41 bits per heavy atom. The highest BCUT2D eigenvalue weighted by Crippen LogP contribution is 2.17. The number of amides is 2. The smallest absolute Gasteiger partial charge is 0.261 e. The highest BCUT2D eigenvalue weighted by Gasteiger charge is 2.26. The maximum absolute atomic E-state index is 13.0. The fourth-order valence-electron chi connectivity index (χ4n) is 2.98. The van der Waals surface area contributed by atoms with Crippen molar-refractivity contribution in [3.8, 4) is 5.75 Å². The van der Waals surface area contributed by atoms with Gasteiger partial charge in [0.1, 0.15) is 11.8 Å². The molecule has 0 aliphatic rings. The second-order valence-electron chi connectivity index (χ2n) is 7.88. The largest absolute Gasteiger partial charge is 0.484 e. The second-order valence-corrected chi connectivity index (χ2v) is 7.88.